The summed E-state index contributed by atoms with van der Waals surface area (Å²) in [6, 6.07) is 8.70. The van der Waals surface area contributed by atoms with E-state index in [0.29, 0.717) is 12.0 Å². The van der Waals surface area contributed by atoms with Crippen molar-refractivity contribution in [3.63, 3.8) is 0 Å². The number of hydrogen-bond acceptors (Lipinski definition) is 3. The van der Waals surface area contributed by atoms with Crippen molar-refractivity contribution < 1.29 is 9.47 Å². The molecule has 1 saturated heterocycles. The standard InChI is InChI=1S/C15H23NO2/c1-12(16-2)14-4-3-5-15(10-14)18-11-13-6-8-17-9-7-13/h3-5,10,12-13,16H,6-9,11H2,1-2H3. The van der Waals surface area contributed by atoms with E-state index >= 15 is 0 Å². The van der Waals surface area contributed by atoms with Crippen LogP contribution in [0.5, 0.6) is 5.75 Å². The lowest BCUT2D eigenvalue weighted by Crippen LogP contribution is -2.21. The topological polar surface area (TPSA) is 30.5 Å². The Balaban J connectivity index is 1.88. The molecule has 0 radical (unpaired) electrons. The van der Waals surface area contributed by atoms with Crippen LogP contribution in [0.4, 0.5) is 0 Å². The van der Waals surface area contributed by atoms with Crippen LogP contribution in [0, 0.1) is 5.92 Å². The molecule has 1 heterocycles. The predicted octanol–water partition coefficient (Wildman–Crippen LogP) is 2.77. The molecule has 0 spiro atoms. The van der Waals surface area contributed by atoms with E-state index in [2.05, 4.69) is 30.4 Å². The van der Waals surface area contributed by atoms with Crippen LogP contribution in [0.2, 0.25) is 0 Å². The largest absolute Gasteiger partial charge is 0.493 e. The fourth-order valence-electron chi connectivity index (χ4n) is 2.17. The molecule has 0 aromatic heterocycles. The third kappa shape index (κ3) is 3.72. The fraction of sp³-hybridized carbons (Fsp3) is 0.600. The summed E-state index contributed by atoms with van der Waals surface area (Å²) in [4.78, 5) is 0. The van der Waals surface area contributed by atoms with Crippen molar-refractivity contribution in [1.29, 1.82) is 0 Å². The summed E-state index contributed by atoms with van der Waals surface area (Å²) in [6.45, 7) is 4.72. The highest BCUT2D eigenvalue weighted by Gasteiger charge is 2.14. The Morgan fingerprint density at radius 2 is 2.17 bits per heavy atom. The lowest BCUT2D eigenvalue weighted by atomic mass is 10.0. The van der Waals surface area contributed by atoms with Crippen molar-refractivity contribution in [2.24, 2.45) is 5.92 Å². The lowest BCUT2D eigenvalue weighted by molar-refractivity contribution is 0.0497. The molecule has 0 aliphatic carbocycles. The van der Waals surface area contributed by atoms with E-state index in [1.54, 1.807) is 0 Å². The van der Waals surface area contributed by atoms with Crippen molar-refractivity contribution in [2.75, 3.05) is 26.9 Å². The van der Waals surface area contributed by atoms with E-state index < -0.39 is 0 Å². The molecule has 1 fully saturated rings. The highest BCUT2D eigenvalue weighted by molar-refractivity contribution is 5.30. The van der Waals surface area contributed by atoms with Crippen LogP contribution in [0.3, 0.4) is 0 Å². The maximum atomic E-state index is 5.90. The van der Waals surface area contributed by atoms with Crippen LogP contribution in [0.1, 0.15) is 31.4 Å². The average molecular weight is 249 g/mol. The first kappa shape index (κ1) is 13.4. The molecule has 1 atom stereocenters. The predicted molar refractivity (Wildman–Crippen MR) is 73.0 cm³/mol. The fourth-order valence-corrected chi connectivity index (χ4v) is 2.17. The van der Waals surface area contributed by atoms with Crippen LogP contribution in [0.15, 0.2) is 24.3 Å². The molecule has 1 aliphatic rings. The monoisotopic (exact) mass is 249 g/mol. The second-order valence-corrected chi connectivity index (χ2v) is 4.95. The lowest BCUT2D eigenvalue weighted by Gasteiger charge is -2.22. The molecule has 3 nitrogen and oxygen atoms in total. The van der Waals surface area contributed by atoms with Gasteiger partial charge in [0.1, 0.15) is 5.75 Å². The van der Waals surface area contributed by atoms with Gasteiger partial charge in [-0.15, -0.1) is 0 Å². The maximum absolute atomic E-state index is 5.90. The molecule has 0 bridgehead atoms. The Hall–Kier alpha value is -1.06. The zero-order valence-electron chi connectivity index (χ0n) is 11.3. The van der Waals surface area contributed by atoms with Crippen LogP contribution in [-0.4, -0.2) is 26.9 Å². The van der Waals surface area contributed by atoms with Gasteiger partial charge in [0.2, 0.25) is 0 Å². The van der Waals surface area contributed by atoms with Gasteiger partial charge >= 0.3 is 0 Å². The molecule has 0 saturated carbocycles. The van der Waals surface area contributed by atoms with E-state index in [0.717, 1.165) is 38.4 Å². The van der Waals surface area contributed by atoms with E-state index in [1.165, 1.54) is 5.56 Å². The van der Waals surface area contributed by atoms with Crippen molar-refractivity contribution in [3.8, 4) is 5.75 Å². The van der Waals surface area contributed by atoms with Gasteiger partial charge in [-0.25, -0.2) is 0 Å². The van der Waals surface area contributed by atoms with Gasteiger partial charge in [-0.1, -0.05) is 12.1 Å². The minimum atomic E-state index is 0.358. The molecule has 100 valence electrons. The second kappa shape index (κ2) is 6.76. The van der Waals surface area contributed by atoms with Gasteiger partial charge < -0.3 is 14.8 Å². The van der Waals surface area contributed by atoms with Crippen LogP contribution < -0.4 is 10.1 Å². The molecule has 1 N–H and O–H groups in total. The van der Waals surface area contributed by atoms with Gasteiger partial charge in [-0.05, 0) is 50.4 Å². The Kier molecular flexibility index (Phi) is 5.02. The number of hydrogen-bond donors (Lipinski definition) is 1. The molecule has 0 amide bonds. The van der Waals surface area contributed by atoms with Crippen molar-refractivity contribution in [2.45, 2.75) is 25.8 Å². The summed E-state index contributed by atoms with van der Waals surface area (Å²) in [5, 5.41) is 3.24. The van der Waals surface area contributed by atoms with Gasteiger partial charge in [0, 0.05) is 19.3 Å². The molecule has 1 aromatic carbocycles. The highest BCUT2D eigenvalue weighted by atomic mass is 16.5. The third-order valence-corrected chi connectivity index (χ3v) is 3.62. The summed E-state index contributed by atoms with van der Waals surface area (Å²) < 4.78 is 11.3. The van der Waals surface area contributed by atoms with Crippen LogP contribution in [-0.2, 0) is 4.74 Å². The first-order valence-corrected chi connectivity index (χ1v) is 6.77. The Labute approximate surface area is 109 Å². The first-order valence-electron chi connectivity index (χ1n) is 6.77. The average Bonchev–Trinajstić information content (AvgIpc) is 2.45. The Morgan fingerprint density at radius 1 is 1.39 bits per heavy atom. The SMILES string of the molecule is CNC(C)c1cccc(OCC2CCOCC2)c1. The summed E-state index contributed by atoms with van der Waals surface area (Å²) in [7, 11) is 1.97. The summed E-state index contributed by atoms with van der Waals surface area (Å²) in [5.74, 6) is 1.62. The minimum Gasteiger partial charge on any atom is -0.493 e. The molecule has 2 rings (SSSR count). The van der Waals surface area contributed by atoms with Crippen LogP contribution in [0.25, 0.3) is 0 Å². The van der Waals surface area contributed by atoms with Gasteiger partial charge in [0.15, 0.2) is 0 Å². The van der Waals surface area contributed by atoms with Gasteiger partial charge in [0.05, 0.1) is 6.61 Å². The number of rotatable bonds is 5. The zero-order chi connectivity index (χ0) is 12.8. The smallest absolute Gasteiger partial charge is 0.119 e. The minimum absolute atomic E-state index is 0.358. The van der Waals surface area contributed by atoms with E-state index in [9.17, 15) is 0 Å². The molecule has 3 heteroatoms. The van der Waals surface area contributed by atoms with Gasteiger partial charge in [-0.2, -0.15) is 0 Å². The summed E-state index contributed by atoms with van der Waals surface area (Å²) in [5.41, 5.74) is 1.27. The Morgan fingerprint density at radius 3 is 2.89 bits per heavy atom. The summed E-state index contributed by atoms with van der Waals surface area (Å²) >= 11 is 0. The zero-order valence-corrected chi connectivity index (χ0v) is 11.3. The molecular weight excluding hydrogens is 226 g/mol. The van der Waals surface area contributed by atoms with E-state index in [1.807, 2.05) is 13.1 Å². The summed E-state index contributed by atoms with van der Waals surface area (Å²) in [6.07, 6.45) is 2.24. The van der Waals surface area contributed by atoms with E-state index in [4.69, 9.17) is 9.47 Å². The van der Waals surface area contributed by atoms with Crippen molar-refractivity contribution in [1.82, 2.24) is 5.32 Å². The third-order valence-electron chi connectivity index (χ3n) is 3.62. The molecule has 1 aliphatic heterocycles. The van der Waals surface area contributed by atoms with Gasteiger partial charge in [-0.3, -0.25) is 0 Å². The number of nitrogens with one attached hydrogen (secondary N) is 1. The number of ether oxygens (including phenoxy) is 2. The van der Waals surface area contributed by atoms with Gasteiger partial charge in [0.25, 0.3) is 0 Å². The molecule has 1 aromatic rings. The maximum Gasteiger partial charge on any atom is 0.119 e. The van der Waals surface area contributed by atoms with E-state index in [-0.39, 0.29) is 0 Å². The molecule has 1 unspecified atom stereocenters. The molecular formula is C15H23NO2. The van der Waals surface area contributed by atoms with Crippen molar-refractivity contribution >= 4 is 0 Å². The number of benzene rings is 1. The molecule has 18 heavy (non-hydrogen) atoms. The quantitative estimate of drug-likeness (QED) is 0.870. The highest BCUT2D eigenvalue weighted by Crippen LogP contribution is 2.21. The second-order valence-electron chi connectivity index (χ2n) is 4.95. The first-order chi connectivity index (χ1) is 8.79. The van der Waals surface area contributed by atoms with Crippen molar-refractivity contribution in [3.05, 3.63) is 29.8 Å². The van der Waals surface area contributed by atoms with Crippen LogP contribution >= 0.6 is 0 Å². The normalized spacial score (nSPS) is 18.6. The Bertz CT molecular complexity index is 361.